The normalized spacial score (nSPS) is 11.8. The minimum absolute atomic E-state index is 0.123. The number of hydrogen-bond donors (Lipinski definition) is 2. The molecule has 2 N–H and O–H groups in total. The van der Waals surface area contributed by atoms with Crippen LogP contribution in [0.2, 0.25) is 0 Å². The Morgan fingerprint density at radius 3 is 2.52 bits per heavy atom. The van der Waals surface area contributed by atoms with Crippen LogP contribution in [0.1, 0.15) is 21.6 Å². The number of rotatable bonds is 10. The number of hydrogen-bond acceptors (Lipinski definition) is 4. The maximum Gasteiger partial charge on any atom is 0.268 e. The Hall–Kier alpha value is -3.09. The highest BCUT2D eigenvalue weighted by Crippen LogP contribution is 2.12. The second kappa shape index (κ2) is 10.5. The van der Waals surface area contributed by atoms with E-state index >= 15 is 0 Å². The predicted octanol–water partition coefficient (Wildman–Crippen LogP) is 2.85. The average molecular weight is 394 g/mol. The number of aliphatic hydroxyl groups is 1. The third-order valence-electron chi connectivity index (χ3n) is 4.49. The lowest BCUT2D eigenvalue weighted by atomic mass is 10.2. The number of methoxy groups -OCH3 is 1. The lowest BCUT2D eigenvalue weighted by molar-refractivity contribution is 0.0284. The average Bonchev–Trinajstić information content (AvgIpc) is 3.21. The van der Waals surface area contributed by atoms with Crippen LogP contribution >= 0.6 is 0 Å². The Balaban J connectivity index is 1.42. The fraction of sp³-hybridized carbons (Fsp3) is 0.261. The van der Waals surface area contributed by atoms with Crippen LogP contribution in [0.3, 0.4) is 0 Å². The van der Waals surface area contributed by atoms with Gasteiger partial charge in [-0.25, -0.2) is 0 Å². The number of nitrogens with one attached hydrogen (secondary N) is 1. The zero-order valence-electron chi connectivity index (χ0n) is 16.5. The molecular formula is C23H26N2O4. The van der Waals surface area contributed by atoms with Crippen LogP contribution in [0.25, 0.3) is 0 Å². The molecule has 0 aliphatic rings. The summed E-state index contributed by atoms with van der Waals surface area (Å²) in [5, 5.41) is 12.9. The van der Waals surface area contributed by atoms with Crippen molar-refractivity contribution in [1.82, 2.24) is 9.88 Å². The van der Waals surface area contributed by atoms with Gasteiger partial charge in [0.2, 0.25) is 0 Å². The van der Waals surface area contributed by atoms with Gasteiger partial charge < -0.3 is 24.5 Å². The molecule has 2 aromatic carbocycles. The Labute approximate surface area is 170 Å². The van der Waals surface area contributed by atoms with E-state index in [9.17, 15) is 9.90 Å². The second-order valence-electron chi connectivity index (χ2n) is 6.73. The third-order valence-corrected chi connectivity index (χ3v) is 4.49. The van der Waals surface area contributed by atoms with Gasteiger partial charge in [0.15, 0.2) is 0 Å². The molecule has 1 aromatic heterocycles. The van der Waals surface area contributed by atoms with E-state index in [0.717, 1.165) is 16.9 Å². The highest BCUT2D eigenvalue weighted by molar-refractivity contribution is 5.92. The molecule has 0 radical (unpaired) electrons. The first-order valence-electron chi connectivity index (χ1n) is 9.51. The van der Waals surface area contributed by atoms with Gasteiger partial charge in [-0.15, -0.1) is 0 Å². The van der Waals surface area contributed by atoms with Crippen LogP contribution in [-0.2, 0) is 17.9 Å². The van der Waals surface area contributed by atoms with E-state index in [1.54, 1.807) is 13.2 Å². The molecule has 0 aliphatic heterocycles. The van der Waals surface area contributed by atoms with Crippen molar-refractivity contribution >= 4 is 5.91 Å². The Kier molecular flexibility index (Phi) is 7.44. The van der Waals surface area contributed by atoms with Gasteiger partial charge in [-0.05, 0) is 35.4 Å². The lowest BCUT2D eigenvalue weighted by Crippen LogP contribution is -2.35. The van der Waals surface area contributed by atoms with E-state index in [1.165, 1.54) is 0 Å². The maximum absolute atomic E-state index is 12.5. The number of benzene rings is 2. The SMILES string of the molecule is COc1ccc(COCC(O)CNC(=O)c2cccn2Cc2ccccc2)cc1. The first-order chi connectivity index (χ1) is 14.2. The summed E-state index contributed by atoms with van der Waals surface area (Å²) in [6, 6.07) is 21.1. The minimum atomic E-state index is -0.783. The molecule has 0 saturated heterocycles. The summed E-state index contributed by atoms with van der Waals surface area (Å²) in [6.45, 7) is 1.26. The fourth-order valence-electron chi connectivity index (χ4n) is 2.93. The van der Waals surface area contributed by atoms with E-state index in [-0.39, 0.29) is 19.1 Å². The van der Waals surface area contributed by atoms with Crippen molar-refractivity contribution in [1.29, 1.82) is 0 Å². The summed E-state index contributed by atoms with van der Waals surface area (Å²) >= 11 is 0. The van der Waals surface area contributed by atoms with Gasteiger partial charge in [-0.3, -0.25) is 4.79 Å². The molecule has 0 bridgehead atoms. The Morgan fingerprint density at radius 1 is 1.03 bits per heavy atom. The van der Waals surface area contributed by atoms with Gasteiger partial charge in [0, 0.05) is 19.3 Å². The number of amides is 1. The lowest BCUT2D eigenvalue weighted by Gasteiger charge is -2.14. The first kappa shape index (κ1) is 20.6. The van der Waals surface area contributed by atoms with E-state index in [1.807, 2.05) is 71.4 Å². The van der Waals surface area contributed by atoms with E-state index < -0.39 is 6.10 Å². The quantitative estimate of drug-likeness (QED) is 0.555. The maximum atomic E-state index is 12.5. The van der Waals surface area contributed by atoms with Crippen LogP contribution < -0.4 is 10.1 Å². The summed E-state index contributed by atoms with van der Waals surface area (Å²) in [5.74, 6) is 0.564. The van der Waals surface area contributed by atoms with Gasteiger partial charge in [0.05, 0.1) is 26.4 Å². The zero-order valence-corrected chi connectivity index (χ0v) is 16.5. The predicted molar refractivity (Wildman–Crippen MR) is 111 cm³/mol. The number of aliphatic hydroxyl groups excluding tert-OH is 1. The number of carbonyl (C=O) groups is 1. The van der Waals surface area contributed by atoms with Crippen LogP contribution in [0.15, 0.2) is 72.9 Å². The number of ether oxygens (including phenoxy) is 2. The molecule has 3 rings (SSSR count). The van der Waals surface area contributed by atoms with Crippen molar-refractivity contribution in [2.45, 2.75) is 19.3 Å². The van der Waals surface area contributed by atoms with Gasteiger partial charge in [-0.1, -0.05) is 42.5 Å². The molecule has 1 unspecified atom stereocenters. The van der Waals surface area contributed by atoms with E-state index in [4.69, 9.17) is 9.47 Å². The molecule has 0 spiro atoms. The molecule has 6 heteroatoms. The van der Waals surface area contributed by atoms with Crippen molar-refractivity contribution in [3.8, 4) is 5.75 Å². The molecule has 0 fully saturated rings. The summed E-state index contributed by atoms with van der Waals surface area (Å²) in [4.78, 5) is 12.5. The molecule has 3 aromatic rings. The van der Waals surface area contributed by atoms with Gasteiger partial charge in [0.25, 0.3) is 5.91 Å². The molecule has 6 nitrogen and oxygen atoms in total. The van der Waals surface area contributed by atoms with Crippen LogP contribution in [0.4, 0.5) is 0 Å². The second-order valence-corrected chi connectivity index (χ2v) is 6.73. The van der Waals surface area contributed by atoms with Crippen molar-refractivity contribution in [3.63, 3.8) is 0 Å². The highest BCUT2D eigenvalue weighted by atomic mass is 16.5. The van der Waals surface area contributed by atoms with Crippen molar-refractivity contribution in [3.05, 3.63) is 89.7 Å². The Morgan fingerprint density at radius 2 is 1.79 bits per heavy atom. The summed E-state index contributed by atoms with van der Waals surface area (Å²) in [5.41, 5.74) is 2.66. The monoisotopic (exact) mass is 394 g/mol. The minimum Gasteiger partial charge on any atom is -0.497 e. The van der Waals surface area contributed by atoms with E-state index in [2.05, 4.69) is 5.32 Å². The van der Waals surface area contributed by atoms with Crippen molar-refractivity contribution < 1.29 is 19.4 Å². The van der Waals surface area contributed by atoms with Crippen LogP contribution in [0, 0.1) is 0 Å². The summed E-state index contributed by atoms with van der Waals surface area (Å²) in [7, 11) is 1.62. The number of carbonyl (C=O) groups excluding carboxylic acids is 1. The summed E-state index contributed by atoms with van der Waals surface area (Å²) in [6.07, 6.45) is 1.09. The van der Waals surface area contributed by atoms with Gasteiger partial charge >= 0.3 is 0 Å². The molecule has 29 heavy (non-hydrogen) atoms. The third kappa shape index (κ3) is 6.20. The molecular weight excluding hydrogens is 368 g/mol. The standard InChI is InChI=1S/C23H26N2O4/c1-28-21-11-9-19(10-12-21)16-29-17-20(26)14-24-23(27)22-8-5-13-25(22)15-18-6-3-2-4-7-18/h2-13,20,26H,14-17H2,1H3,(H,24,27). The summed E-state index contributed by atoms with van der Waals surface area (Å²) < 4.78 is 12.5. The zero-order chi connectivity index (χ0) is 20.5. The van der Waals surface area contributed by atoms with Crippen molar-refractivity contribution in [2.75, 3.05) is 20.3 Å². The van der Waals surface area contributed by atoms with Crippen LogP contribution in [-0.4, -0.2) is 41.9 Å². The molecule has 1 atom stereocenters. The first-order valence-corrected chi connectivity index (χ1v) is 9.51. The van der Waals surface area contributed by atoms with Gasteiger partial charge in [0.1, 0.15) is 11.4 Å². The van der Waals surface area contributed by atoms with Crippen LogP contribution in [0.5, 0.6) is 5.75 Å². The largest absolute Gasteiger partial charge is 0.497 e. The number of nitrogens with zero attached hydrogens (tertiary/aromatic N) is 1. The fourth-order valence-corrected chi connectivity index (χ4v) is 2.93. The molecule has 0 saturated carbocycles. The smallest absolute Gasteiger partial charge is 0.268 e. The van der Waals surface area contributed by atoms with E-state index in [0.29, 0.717) is 18.8 Å². The molecule has 1 amide bonds. The topological polar surface area (TPSA) is 72.7 Å². The number of aromatic nitrogens is 1. The Bertz CT molecular complexity index is 891. The molecule has 0 aliphatic carbocycles. The highest BCUT2D eigenvalue weighted by Gasteiger charge is 2.13. The van der Waals surface area contributed by atoms with Gasteiger partial charge in [-0.2, -0.15) is 0 Å². The van der Waals surface area contributed by atoms with Crippen molar-refractivity contribution in [2.24, 2.45) is 0 Å². The molecule has 1 heterocycles. The molecule has 152 valence electrons.